The van der Waals surface area contributed by atoms with E-state index in [1.165, 1.54) is 0 Å². The zero-order chi connectivity index (χ0) is 16.2. The molecule has 1 aliphatic heterocycles. The van der Waals surface area contributed by atoms with Gasteiger partial charge in [-0.2, -0.15) is 5.10 Å². The lowest BCUT2D eigenvalue weighted by atomic mass is 9.90. The summed E-state index contributed by atoms with van der Waals surface area (Å²) < 4.78 is 7.55. The highest BCUT2D eigenvalue weighted by Gasteiger charge is 2.30. The minimum absolute atomic E-state index is 0.113. The van der Waals surface area contributed by atoms with Gasteiger partial charge in [-0.1, -0.05) is 0 Å². The van der Waals surface area contributed by atoms with E-state index in [4.69, 9.17) is 4.74 Å². The minimum Gasteiger partial charge on any atom is -0.381 e. The molecule has 0 spiro atoms. The number of hydrogen-bond donors (Lipinski definition) is 2. The van der Waals surface area contributed by atoms with Crippen molar-refractivity contribution in [2.45, 2.75) is 39.3 Å². The number of rotatable bonds is 5. The van der Waals surface area contributed by atoms with E-state index in [2.05, 4.69) is 32.0 Å². The van der Waals surface area contributed by atoms with Gasteiger partial charge >= 0.3 is 0 Å². The van der Waals surface area contributed by atoms with Gasteiger partial charge in [-0.3, -0.25) is 9.89 Å². The summed E-state index contributed by atoms with van der Waals surface area (Å²) in [5.41, 5.74) is 1.35. The number of hydrogen-bond acceptors (Lipinski definition) is 4. The Kier molecular flexibility index (Phi) is 4.76. The maximum Gasteiger partial charge on any atom is 0.255 e. The number of nitrogens with zero attached hydrogens (tertiary/aromatic N) is 3. The Balaban J connectivity index is 1.86. The molecule has 0 aromatic carbocycles. The van der Waals surface area contributed by atoms with E-state index in [1.807, 2.05) is 13.1 Å². The molecule has 2 N–H and O–H groups in total. The lowest BCUT2D eigenvalue weighted by Crippen LogP contribution is -2.37. The molecular weight excluding hydrogens is 294 g/mol. The number of aryl methyl sites for hydroxylation is 2. The largest absolute Gasteiger partial charge is 0.381 e. The van der Waals surface area contributed by atoms with Crippen LogP contribution in [0.1, 0.15) is 47.7 Å². The molecule has 3 rings (SSSR count). The Morgan fingerprint density at radius 1 is 1.52 bits per heavy atom. The average molecular weight is 317 g/mol. The highest BCUT2D eigenvalue weighted by Crippen LogP contribution is 2.29. The molecule has 7 heteroatoms. The highest BCUT2D eigenvalue weighted by atomic mass is 16.5. The van der Waals surface area contributed by atoms with Gasteiger partial charge in [0.15, 0.2) is 0 Å². The van der Waals surface area contributed by atoms with Crippen molar-refractivity contribution < 1.29 is 9.53 Å². The SMILES string of the molecule is CCn1ccnc1C(NC(=O)c1cn[nH]c1C)C1CCOCC1. The molecule has 1 amide bonds. The molecule has 2 aromatic rings. The van der Waals surface area contributed by atoms with Crippen LogP contribution < -0.4 is 5.32 Å². The molecule has 0 saturated carbocycles. The first-order chi connectivity index (χ1) is 11.2. The molecule has 2 aromatic heterocycles. The standard InChI is InChI=1S/C16H23N5O2/c1-3-21-7-6-17-15(21)14(12-4-8-23-9-5-12)19-16(22)13-10-18-20-11(13)2/h6-7,10,12,14H,3-5,8-9H2,1-2H3,(H,18,20)(H,19,22). The van der Waals surface area contributed by atoms with Crippen LogP contribution in [0.3, 0.4) is 0 Å². The van der Waals surface area contributed by atoms with Crippen LogP contribution in [-0.4, -0.2) is 38.9 Å². The van der Waals surface area contributed by atoms with E-state index in [1.54, 1.807) is 12.4 Å². The first kappa shape index (κ1) is 15.7. The zero-order valence-corrected chi connectivity index (χ0v) is 13.6. The molecular formula is C16H23N5O2. The second-order valence-corrected chi connectivity index (χ2v) is 5.88. The Labute approximate surface area is 135 Å². The predicted molar refractivity (Wildman–Crippen MR) is 85.0 cm³/mol. The van der Waals surface area contributed by atoms with Gasteiger partial charge in [0.1, 0.15) is 5.82 Å². The van der Waals surface area contributed by atoms with Gasteiger partial charge in [-0.25, -0.2) is 4.98 Å². The monoisotopic (exact) mass is 317 g/mol. The van der Waals surface area contributed by atoms with Gasteiger partial charge in [0.2, 0.25) is 0 Å². The molecule has 0 aliphatic carbocycles. The molecule has 124 valence electrons. The summed E-state index contributed by atoms with van der Waals surface area (Å²) in [7, 11) is 0. The van der Waals surface area contributed by atoms with Crippen molar-refractivity contribution in [1.29, 1.82) is 0 Å². The fourth-order valence-corrected chi connectivity index (χ4v) is 3.11. The zero-order valence-electron chi connectivity index (χ0n) is 13.6. The van der Waals surface area contributed by atoms with Crippen molar-refractivity contribution in [3.8, 4) is 0 Å². The Morgan fingerprint density at radius 3 is 2.96 bits per heavy atom. The maximum atomic E-state index is 12.6. The number of imidazole rings is 1. The Hall–Kier alpha value is -2.15. The Bertz CT molecular complexity index is 657. The number of nitrogens with one attached hydrogen (secondary N) is 2. The molecule has 1 atom stereocenters. The summed E-state index contributed by atoms with van der Waals surface area (Å²) in [5, 5.41) is 9.91. The van der Waals surface area contributed by atoms with Gasteiger partial charge in [0.05, 0.1) is 17.8 Å². The highest BCUT2D eigenvalue weighted by molar-refractivity contribution is 5.95. The molecule has 0 radical (unpaired) electrons. The van der Waals surface area contributed by atoms with E-state index >= 15 is 0 Å². The van der Waals surface area contributed by atoms with E-state index < -0.39 is 0 Å². The lowest BCUT2D eigenvalue weighted by Gasteiger charge is -2.30. The fourth-order valence-electron chi connectivity index (χ4n) is 3.11. The van der Waals surface area contributed by atoms with Crippen LogP contribution in [0.4, 0.5) is 0 Å². The number of H-pyrrole nitrogens is 1. The van der Waals surface area contributed by atoms with Crippen molar-refractivity contribution in [2.24, 2.45) is 5.92 Å². The van der Waals surface area contributed by atoms with Gasteiger partial charge in [-0.15, -0.1) is 0 Å². The summed E-state index contributed by atoms with van der Waals surface area (Å²) in [6.07, 6.45) is 7.16. The van der Waals surface area contributed by atoms with E-state index in [0.29, 0.717) is 11.5 Å². The van der Waals surface area contributed by atoms with Crippen molar-refractivity contribution in [3.05, 3.63) is 35.7 Å². The van der Waals surface area contributed by atoms with Crippen LogP contribution in [0.5, 0.6) is 0 Å². The summed E-state index contributed by atoms with van der Waals surface area (Å²) in [6, 6.07) is -0.115. The summed E-state index contributed by atoms with van der Waals surface area (Å²) in [6.45, 7) is 6.21. The molecule has 1 unspecified atom stereocenters. The van der Waals surface area contributed by atoms with Crippen LogP contribution >= 0.6 is 0 Å². The van der Waals surface area contributed by atoms with Gasteiger partial charge in [0, 0.05) is 37.8 Å². The maximum absolute atomic E-state index is 12.6. The second-order valence-electron chi connectivity index (χ2n) is 5.88. The quantitative estimate of drug-likeness (QED) is 0.881. The molecule has 1 aliphatic rings. The van der Waals surface area contributed by atoms with Gasteiger partial charge in [-0.05, 0) is 32.6 Å². The number of aromatic amines is 1. The lowest BCUT2D eigenvalue weighted by molar-refractivity contribution is 0.0498. The molecule has 1 fully saturated rings. The molecule has 1 saturated heterocycles. The van der Waals surface area contributed by atoms with Crippen molar-refractivity contribution in [2.75, 3.05) is 13.2 Å². The molecule has 7 nitrogen and oxygen atoms in total. The number of carbonyl (C=O) groups is 1. The first-order valence-corrected chi connectivity index (χ1v) is 8.10. The molecule has 3 heterocycles. The number of amides is 1. The average Bonchev–Trinajstić information content (AvgIpc) is 3.21. The number of ether oxygens (including phenoxy) is 1. The molecule has 23 heavy (non-hydrogen) atoms. The minimum atomic E-state index is -0.115. The fraction of sp³-hybridized carbons (Fsp3) is 0.562. The summed E-state index contributed by atoms with van der Waals surface area (Å²) in [4.78, 5) is 17.1. The van der Waals surface area contributed by atoms with Crippen molar-refractivity contribution >= 4 is 5.91 Å². The predicted octanol–water partition coefficient (Wildman–Crippen LogP) is 1.83. The van der Waals surface area contributed by atoms with Crippen LogP contribution in [0.2, 0.25) is 0 Å². The normalized spacial score (nSPS) is 17.1. The van der Waals surface area contributed by atoms with E-state index in [0.717, 1.165) is 44.1 Å². The van der Waals surface area contributed by atoms with E-state index in [-0.39, 0.29) is 11.9 Å². The number of aromatic nitrogens is 4. The van der Waals surface area contributed by atoms with Crippen LogP contribution in [0, 0.1) is 12.8 Å². The molecule has 0 bridgehead atoms. The topological polar surface area (TPSA) is 84.8 Å². The van der Waals surface area contributed by atoms with Crippen molar-refractivity contribution in [1.82, 2.24) is 25.1 Å². The summed E-state index contributed by atoms with van der Waals surface area (Å²) >= 11 is 0. The summed E-state index contributed by atoms with van der Waals surface area (Å²) in [5.74, 6) is 1.12. The second kappa shape index (κ2) is 6.95. The van der Waals surface area contributed by atoms with Gasteiger partial charge < -0.3 is 14.6 Å². The van der Waals surface area contributed by atoms with Crippen molar-refractivity contribution in [3.63, 3.8) is 0 Å². The van der Waals surface area contributed by atoms with E-state index in [9.17, 15) is 4.79 Å². The van der Waals surface area contributed by atoms with Crippen LogP contribution in [0.25, 0.3) is 0 Å². The third-order valence-electron chi connectivity index (χ3n) is 4.47. The Morgan fingerprint density at radius 2 is 2.30 bits per heavy atom. The number of carbonyl (C=O) groups excluding carboxylic acids is 1. The van der Waals surface area contributed by atoms with Crippen LogP contribution in [0.15, 0.2) is 18.6 Å². The van der Waals surface area contributed by atoms with Gasteiger partial charge in [0.25, 0.3) is 5.91 Å². The first-order valence-electron chi connectivity index (χ1n) is 8.10. The third-order valence-corrected chi connectivity index (χ3v) is 4.47. The third kappa shape index (κ3) is 3.29. The smallest absolute Gasteiger partial charge is 0.255 e. The van der Waals surface area contributed by atoms with Crippen LogP contribution in [-0.2, 0) is 11.3 Å².